The van der Waals surface area contributed by atoms with Gasteiger partial charge in [-0.25, -0.2) is 14.4 Å². The van der Waals surface area contributed by atoms with Crippen molar-refractivity contribution in [1.82, 2.24) is 0 Å². The van der Waals surface area contributed by atoms with Crippen molar-refractivity contribution >= 4 is 22.9 Å². The van der Waals surface area contributed by atoms with Gasteiger partial charge in [0, 0.05) is 23.4 Å². The molecule has 6 heteroatoms. The van der Waals surface area contributed by atoms with Gasteiger partial charge in [0.1, 0.15) is 11.3 Å². The number of ether oxygens (including phenoxy) is 2. The van der Waals surface area contributed by atoms with Crippen LogP contribution in [0.1, 0.15) is 21.5 Å². The molecule has 4 aromatic rings. The molecule has 0 fully saturated rings. The van der Waals surface area contributed by atoms with E-state index in [1.165, 1.54) is 6.07 Å². The lowest BCUT2D eigenvalue weighted by atomic mass is 9.98. The van der Waals surface area contributed by atoms with E-state index in [9.17, 15) is 14.4 Å². The van der Waals surface area contributed by atoms with Crippen LogP contribution in [0.3, 0.4) is 0 Å². The maximum Gasteiger partial charge on any atom is 0.353 e. The Balaban J connectivity index is 1.48. The molecule has 0 aliphatic carbocycles. The van der Waals surface area contributed by atoms with Gasteiger partial charge in [-0.05, 0) is 41.8 Å². The van der Waals surface area contributed by atoms with Crippen molar-refractivity contribution in [2.45, 2.75) is 19.4 Å². The molecule has 0 saturated carbocycles. The molecule has 0 saturated heterocycles. The summed E-state index contributed by atoms with van der Waals surface area (Å²) in [6.45, 7) is 1.71. The van der Waals surface area contributed by atoms with Gasteiger partial charge in [0.15, 0.2) is 0 Å². The molecule has 1 aromatic heterocycles. The number of esters is 2. The van der Waals surface area contributed by atoms with Gasteiger partial charge in [-0.1, -0.05) is 48.5 Å². The fraction of sp³-hybridized carbons (Fsp3) is 0.115. The normalized spacial score (nSPS) is 15.2. The maximum atomic E-state index is 12.8. The largest absolute Gasteiger partial charge is 0.446 e. The number of rotatable bonds is 3. The number of cyclic esters (lactones) is 1. The number of carbonyl (C=O) groups is 2. The molecule has 1 aliphatic heterocycles. The Morgan fingerprint density at radius 2 is 1.69 bits per heavy atom. The van der Waals surface area contributed by atoms with Gasteiger partial charge in [0.05, 0.1) is 5.56 Å². The molecular formula is C26H18O6. The summed E-state index contributed by atoms with van der Waals surface area (Å²) >= 11 is 0. The molecule has 6 nitrogen and oxygen atoms in total. The average Bonchev–Trinajstić information content (AvgIpc) is 2.81. The van der Waals surface area contributed by atoms with E-state index in [1.807, 2.05) is 30.3 Å². The lowest BCUT2D eigenvalue weighted by Crippen LogP contribution is -2.37. The number of hydrogen-bond donors (Lipinski definition) is 0. The Bertz CT molecular complexity index is 1420. The minimum atomic E-state index is -1.05. The van der Waals surface area contributed by atoms with Crippen LogP contribution in [-0.4, -0.2) is 18.0 Å². The quantitative estimate of drug-likeness (QED) is 0.273. The van der Waals surface area contributed by atoms with Crippen LogP contribution in [0, 0.1) is 6.92 Å². The summed E-state index contributed by atoms with van der Waals surface area (Å²) in [5.74, 6) is -0.995. The minimum absolute atomic E-state index is 0.237. The lowest BCUT2D eigenvalue weighted by molar-refractivity contribution is -0.144. The van der Waals surface area contributed by atoms with Crippen LogP contribution < -0.4 is 10.4 Å². The minimum Gasteiger partial charge on any atom is -0.446 e. The molecular weight excluding hydrogens is 408 g/mol. The summed E-state index contributed by atoms with van der Waals surface area (Å²) in [6.07, 6.45) is -0.809. The van der Waals surface area contributed by atoms with Crippen molar-refractivity contribution < 1.29 is 23.5 Å². The summed E-state index contributed by atoms with van der Waals surface area (Å²) in [5, 5.41) is 0.728. The molecule has 0 bridgehead atoms. The van der Waals surface area contributed by atoms with E-state index in [0.717, 1.165) is 22.1 Å². The monoisotopic (exact) mass is 426 g/mol. The maximum absolute atomic E-state index is 12.8. The fourth-order valence-electron chi connectivity index (χ4n) is 3.95. The van der Waals surface area contributed by atoms with E-state index >= 15 is 0 Å². The third-order valence-corrected chi connectivity index (χ3v) is 5.56. The van der Waals surface area contributed by atoms with Gasteiger partial charge in [0.2, 0.25) is 6.10 Å². The Kier molecular flexibility index (Phi) is 4.82. The molecule has 32 heavy (non-hydrogen) atoms. The molecule has 0 N–H and O–H groups in total. The predicted molar refractivity (Wildman–Crippen MR) is 118 cm³/mol. The first-order valence-electron chi connectivity index (χ1n) is 10.1. The zero-order valence-corrected chi connectivity index (χ0v) is 17.2. The van der Waals surface area contributed by atoms with Crippen LogP contribution >= 0.6 is 0 Å². The van der Waals surface area contributed by atoms with Gasteiger partial charge >= 0.3 is 17.6 Å². The van der Waals surface area contributed by atoms with Crippen molar-refractivity contribution in [1.29, 1.82) is 0 Å². The molecule has 0 unspecified atom stereocenters. The van der Waals surface area contributed by atoms with Crippen molar-refractivity contribution in [3.8, 4) is 16.9 Å². The third kappa shape index (κ3) is 3.46. The second kappa shape index (κ2) is 7.81. The van der Waals surface area contributed by atoms with Gasteiger partial charge in [-0.3, -0.25) is 0 Å². The molecule has 3 aromatic carbocycles. The summed E-state index contributed by atoms with van der Waals surface area (Å²) in [5.41, 5.74) is 3.15. The molecule has 0 radical (unpaired) electrons. The Labute approximate surface area is 183 Å². The summed E-state index contributed by atoms with van der Waals surface area (Å²) in [4.78, 5) is 37.2. The van der Waals surface area contributed by atoms with Crippen molar-refractivity contribution in [3.63, 3.8) is 0 Å². The standard InChI is InChI=1S/C26H18O6/c1-15-21(30-26(29)22-13-17-9-5-6-10-18(17)25(28)31-22)12-11-19-20(14-23(27)32-24(15)19)16-7-3-2-4-8-16/h2-12,14,22H,13H2,1H3/t22-/m1/s1. The Morgan fingerprint density at radius 1 is 0.938 bits per heavy atom. The SMILES string of the molecule is Cc1c(OC(=O)[C@H]2Cc3ccccc3C(=O)O2)ccc2c(-c3ccccc3)cc(=O)oc12. The molecule has 5 rings (SSSR count). The van der Waals surface area contributed by atoms with Crippen LogP contribution in [0.25, 0.3) is 22.1 Å². The van der Waals surface area contributed by atoms with E-state index in [1.54, 1.807) is 43.3 Å². The summed E-state index contributed by atoms with van der Waals surface area (Å²) in [6, 6.07) is 21.4. The molecule has 2 heterocycles. The molecule has 1 aliphatic rings. The summed E-state index contributed by atoms with van der Waals surface area (Å²) in [7, 11) is 0. The first-order valence-corrected chi connectivity index (χ1v) is 10.1. The van der Waals surface area contributed by atoms with Crippen LogP contribution in [0.15, 0.2) is 82.0 Å². The highest BCUT2D eigenvalue weighted by Gasteiger charge is 2.33. The zero-order chi connectivity index (χ0) is 22.2. The van der Waals surface area contributed by atoms with E-state index in [-0.39, 0.29) is 12.2 Å². The molecule has 0 spiro atoms. The number of benzene rings is 3. The average molecular weight is 426 g/mol. The Hall–Kier alpha value is -4.19. The Morgan fingerprint density at radius 3 is 2.50 bits per heavy atom. The number of aryl methyl sites for hydroxylation is 1. The number of fused-ring (bicyclic) bond motifs is 2. The smallest absolute Gasteiger partial charge is 0.353 e. The van der Waals surface area contributed by atoms with Gasteiger partial charge in [-0.15, -0.1) is 0 Å². The van der Waals surface area contributed by atoms with Gasteiger partial charge in [0.25, 0.3) is 0 Å². The molecule has 1 atom stereocenters. The van der Waals surface area contributed by atoms with E-state index < -0.39 is 23.7 Å². The van der Waals surface area contributed by atoms with Gasteiger partial charge in [-0.2, -0.15) is 0 Å². The van der Waals surface area contributed by atoms with Crippen LogP contribution in [0.5, 0.6) is 5.75 Å². The number of carbonyl (C=O) groups excluding carboxylic acids is 2. The topological polar surface area (TPSA) is 82.8 Å². The van der Waals surface area contributed by atoms with E-state index in [0.29, 0.717) is 16.7 Å². The second-order valence-electron chi connectivity index (χ2n) is 7.59. The third-order valence-electron chi connectivity index (χ3n) is 5.56. The van der Waals surface area contributed by atoms with Crippen LogP contribution in [0.4, 0.5) is 0 Å². The van der Waals surface area contributed by atoms with Crippen molar-refractivity contribution in [2.75, 3.05) is 0 Å². The van der Waals surface area contributed by atoms with Crippen molar-refractivity contribution in [3.05, 3.63) is 99.9 Å². The summed E-state index contributed by atoms with van der Waals surface area (Å²) < 4.78 is 16.3. The molecule has 158 valence electrons. The lowest BCUT2D eigenvalue weighted by Gasteiger charge is -2.23. The fourth-order valence-corrected chi connectivity index (χ4v) is 3.95. The predicted octanol–water partition coefficient (Wildman–Crippen LogP) is 4.46. The second-order valence-corrected chi connectivity index (χ2v) is 7.59. The highest BCUT2D eigenvalue weighted by atomic mass is 16.6. The first-order chi connectivity index (χ1) is 15.5. The zero-order valence-electron chi connectivity index (χ0n) is 17.2. The highest BCUT2D eigenvalue weighted by molar-refractivity contribution is 5.97. The van der Waals surface area contributed by atoms with Crippen LogP contribution in [-0.2, 0) is 16.0 Å². The number of hydrogen-bond acceptors (Lipinski definition) is 6. The van der Waals surface area contributed by atoms with Gasteiger partial charge < -0.3 is 13.9 Å². The van der Waals surface area contributed by atoms with Crippen LogP contribution in [0.2, 0.25) is 0 Å². The first kappa shape index (κ1) is 19.8. The highest BCUT2D eigenvalue weighted by Crippen LogP contribution is 2.33. The van der Waals surface area contributed by atoms with E-state index in [2.05, 4.69) is 0 Å². The molecule has 0 amide bonds. The van der Waals surface area contributed by atoms with Crippen molar-refractivity contribution in [2.24, 2.45) is 0 Å². The van der Waals surface area contributed by atoms with E-state index in [4.69, 9.17) is 13.9 Å².